The van der Waals surface area contributed by atoms with Crippen LogP contribution < -0.4 is 25.0 Å². The predicted octanol–water partition coefficient (Wildman–Crippen LogP) is 0.343. The third-order valence-electron chi connectivity index (χ3n) is 3.69. The molecule has 0 aliphatic heterocycles. The molecule has 0 spiro atoms. The summed E-state index contributed by atoms with van der Waals surface area (Å²) in [6, 6.07) is 5.15. The number of amides is 3. The van der Waals surface area contributed by atoms with Crippen molar-refractivity contribution in [3.05, 3.63) is 23.8 Å². The van der Waals surface area contributed by atoms with Crippen LogP contribution >= 0.6 is 0 Å². The Morgan fingerprint density at radius 3 is 2.54 bits per heavy atom. The van der Waals surface area contributed by atoms with Crippen LogP contribution in [0.2, 0.25) is 0 Å². The van der Waals surface area contributed by atoms with E-state index in [2.05, 4.69) is 10.6 Å². The van der Waals surface area contributed by atoms with Crippen molar-refractivity contribution in [1.29, 1.82) is 0 Å². The molecule has 1 rings (SSSR count). The van der Waals surface area contributed by atoms with Crippen LogP contribution in [-0.4, -0.2) is 45.8 Å². The van der Waals surface area contributed by atoms with Crippen molar-refractivity contribution in [2.45, 2.75) is 32.9 Å². The summed E-state index contributed by atoms with van der Waals surface area (Å²) in [6.45, 7) is 4.63. The van der Waals surface area contributed by atoms with Gasteiger partial charge in [0.05, 0.1) is 21.3 Å². The largest absolute Gasteiger partial charge is 0.497 e. The van der Waals surface area contributed by atoms with Gasteiger partial charge >= 0.3 is 6.03 Å². The SMILES string of the molecule is CC[C@@H](C)NC(=O)NC(=O)C[NH+](C)Cc1ccc(OC)cc1OC. The Bertz CT molecular complexity index is 563. The van der Waals surface area contributed by atoms with Gasteiger partial charge in [-0.25, -0.2) is 4.79 Å². The maximum Gasteiger partial charge on any atom is 0.321 e. The van der Waals surface area contributed by atoms with Crippen LogP contribution in [-0.2, 0) is 11.3 Å². The Hall–Kier alpha value is -2.28. The number of likely N-dealkylation sites (N-methyl/N-ethyl adjacent to an activating group) is 1. The topological polar surface area (TPSA) is 81.1 Å². The fraction of sp³-hybridized carbons (Fsp3) is 0.529. The second-order valence-corrected chi connectivity index (χ2v) is 5.82. The standard InChI is InChI=1S/C17H27N3O4/c1-6-12(2)18-17(22)19-16(21)11-20(3)10-13-7-8-14(23-4)9-15(13)24-5/h7-9,12H,6,10-11H2,1-5H3,(H2,18,19,21,22)/p+1/t12-/m1/s1. The van der Waals surface area contributed by atoms with E-state index < -0.39 is 6.03 Å². The highest BCUT2D eigenvalue weighted by molar-refractivity contribution is 5.94. The second-order valence-electron chi connectivity index (χ2n) is 5.82. The van der Waals surface area contributed by atoms with Crippen LogP contribution in [0.4, 0.5) is 4.79 Å². The third kappa shape index (κ3) is 6.45. The fourth-order valence-electron chi connectivity index (χ4n) is 2.19. The first-order chi connectivity index (χ1) is 11.4. The van der Waals surface area contributed by atoms with E-state index in [1.165, 1.54) is 0 Å². The van der Waals surface area contributed by atoms with E-state index in [4.69, 9.17) is 9.47 Å². The Morgan fingerprint density at radius 1 is 1.25 bits per heavy atom. The average Bonchev–Trinajstić information content (AvgIpc) is 2.54. The van der Waals surface area contributed by atoms with Crippen molar-refractivity contribution < 1.29 is 24.0 Å². The first kappa shape index (κ1) is 19.8. The number of urea groups is 1. The number of nitrogens with one attached hydrogen (secondary N) is 3. The monoisotopic (exact) mass is 338 g/mol. The van der Waals surface area contributed by atoms with Crippen molar-refractivity contribution in [2.75, 3.05) is 27.8 Å². The van der Waals surface area contributed by atoms with Crippen LogP contribution in [0.1, 0.15) is 25.8 Å². The number of methoxy groups -OCH3 is 2. The summed E-state index contributed by atoms with van der Waals surface area (Å²) < 4.78 is 10.5. The predicted molar refractivity (Wildman–Crippen MR) is 91.4 cm³/mol. The molecule has 3 N–H and O–H groups in total. The number of rotatable bonds is 8. The van der Waals surface area contributed by atoms with Crippen LogP contribution in [0.3, 0.4) is 0 Å². The lowest BCUT2D eigenvalue weighted by Gasteiger charge is -2.17. The van der Waals surface area contributed by atoms with E-state index in [1.54, 1.807) is 14.2 Å². The molecule has 24 heavy (non-hydrogen) atoms. The van der Waals surface area contributed by atoms with Gasteiger partial charge in [0, 0.05) is 17.7 Å². The number of quaternary nitrogens is 1. The number of hydrogen-bond donors (Lipinski definition) is 3. The van der Waals surface area contributed by atoms with Gasteiger partial charge in [-0.3, -0.25) is 10.1 Å². The summed E-state index contributed by atoms with van der Waals surface area (Å²) >= 11 is 0. The molecule has 1 unspecified atom stereocenters. The summed E-state index contributed by atoms with van der Waals surface area (Å²) in [4.78, 5) is 24.5. The van der Waals surface area contributed by atoms with Crippen LogP contribution in [0, 0.1) is 0 Å². The van der Waals surface area contributed by atoms with Gasteiger partial charge < -0.3 is 19.7 Å². The van der Waals surface area contributed by atoms with Gasteiger partial charge in [-0.2, -0.15) is 0 Å². The first-order valence-electron chi connectivity index (χ1n) is 8.02. The number of benzene rings is 1. The molecule has 7 nitrogen and oxygen atoms in total. The van der Waals surface area contributed by atoms with Crippen molar-refractivity contribution in [3.8, 4) is 11.5 Å². The quantitative estimate of drug-likeness (QED) is 0.639. The van der Waals surface area contributed by atoms with Gasteiger partial charge in [-0.1, -0.05) is 6.92 Å². The average molecular weight is 338 g/mol. The van der Waals surface area contributed by atoms with E-state index in [9.17, 15) is 9.59 Å². The van der Waals surface area contributed by atoms with Gasteiger partial charge in [0.15, 0.2) is 6.54 Å². The highest BCUT2D eigenvalue weighted by atomic mass is 16.5. The van der Waals surface area contributed by atoms with Crippen molar-refractivity contribution >= 4 is 11.9 Å². The third-order valence-corrected chi connectivity index (χ3v) is 3.69. The van der Waals surface area contributed by atoms with Crippen molar-refractivity contribution in [2.24, 2.45) is 0 Å². The van der Waals surface area contributed by atoms with Gasteiger partial charge in [0.2, 0.25) is 0 Å². The second kappa shape index (κ2) is 9.77. The summed E-state index contributed by atoms with van der Waals surface area (Å²) in [5.41, 5.74) is 0.965. The van der Waals surface area contributed by atoms with E-state index >= 15 is 0 Å². The number of carbonyl (C=O) groups is 2. The molecular formula is C17H28N3O4+. The smallest absolute Gasteiger partial charge is 0.321 e. The first-order valence-corrected chi connectivity index (χ1v) is 8.02. The maximum atomic E-state index is 11.9. The minimum absolute atomic E-state index is 0.0337. The van der Waals surface area contributed by atoms with E-state index in [1.807, 2.05) is 39.1 Å². The Morgan fingerprint density at radius 2 is 1.96 bits per heavy atom. The van der Waals surface area contributed by atoms with Crippen LogP contribution in [0.5, 0.6) is 11.5 Å². The van der Waals surface area contributed by atoms with Gasteiger partial charge in [0.25, 0.3) is 5.91 Å². The molecule has 1 aromatic carbocycles. The molecule has 0 saturated carbocycles. The van der Waals surface area contributed by atoms with E-state index in [-0.39, 0.29) is 18.5 Å². The Labute approximate surface area is 143 Å². The van der Waals surface area contributed by atoms with Gasteiger partial charge in [0.1, 0.15) is 18.0 Å². The Balaban J connectivity index is 2.55. The molecule has 0 radical (unpaired) electrons. The van der Waals surface area contributed by atoms with Crippen molar-refractivity contribution in [3.63, 3.8) is 0 Å². The molecule has 0 fully saturated rings. The minimum atomic E-state index is -0.454. The molecule has 0 bridgehead atoms. The molecular weight excluding hydrogens is 310 g/mol. The van der Waals surface area contributed by atoms with Crippen LogP contribution in [0.25, 0.3) is 0 Å². The van der Waals surface area contributed by atoms with Crippen LogP contribution in [0.15, 0.2) is 18.2 Å². The summed E-state index contributed by atoms with van der Waals surface area (Å²) in [7, 11) is 5.08. The number of imide groups is 1. The molecule has 7 heteroatoms. The summed E-state index contributed by atoms with van der Waals surface area (Å²) in [6.07, 6.45) is 0.810. The molecule has 0 aliphatic carbocycles. The Kier molecular flexibility index (Phi) is 8.05. The van der Waals surface area contributed by atoms with Gasteiger partial charge in [-0.15, -0.1) is 0 Å². The zero-order chi connectivity index (χ0) is 18.1. The summed E-state index contributed by atoms with van der Waals surface area (Å²) in [5.74, 6) is 1.11. The fourth-order valence-corrected chi connectivity index (χ4v) is 2.19. The highest BCUT2D eigenvalue weighted by Crippen LogP contribution is 2.23. The number of ether oxygens (including phenoxy) is 2. The lowest BCUT2D eigenvalue weighted by Crippen LogP contribution is -3.09. The summed E-state index contributed by atoms with van der Waals surface area (Å²) in [5, 5.41) is 5.05. The molecule has 1 aromatic rings. The molecule has 2 atom stereocenters. The maximum absolute atomic E-state index is 11.9. The molecule has 0 aliphatic rings. The lowest BCUT2D eigenvalue weighted by atomic mass is 10.2. The van der Waals surface area contributed by atoms with E-state index in [0.717, 1.165) is 16.9 Å². The zero-order valence-corrected chi connectivity index (χ0v) is 15.1. The molecule has 3 amide bonds. The number of carbonyl (C=O) groups excluding carboxylic acids is 2. The normalized spacial score (nSPS) is 12.9. The number of hydrogen-bond acceptors (Lipinski definition) is 4. The molecule has 0 heterocycles. The molecule has 0 aromatic heterocycles. The highest BCUT2D eigenvalue weighted by Gasteiger charge is 2.16. The lowest BCUT2D eigenvalue weighted by molar-refractivity contribution is -0.885. The van der Waals surface area contributed by atoms with E-state index in [0.29, 0.717) is 18.0 Å². The zero-order valence-electron chi connectivity index (χ0n) is 15.1. The molecule has 0 saturated heterocycles. The van der Waals surface area contributed by atoms with Crippen molar-refractivity contribution in [1.82, 2.24) is 10.6 Å². The minimum Gasteiger partial charge on any atom is -0.497 e. The molecule has 134 valence electrons. The van der Waals surface area contributed by atoms with Gasteiger partial charge in [-0.05, 0) is 25.5 Å².